The molecular formula is C18H28O. The van der Waals surface area contributed by atoms with Gasteiger partial charge in [0.1, 0.15) is 5.78 Å². The molecule has 0 N–H and O–H groups in total. The summed E-state index contributed by atoms with van der Waals surface area (Å²) in [4.78, 5) is 11.7. The summed E-state index contributed by atoms with van der Waals surface area (Å²) in [5.74, 6) is 3.11. The first-order chi connectivity index (χ1) is 9.03. The topological polar surface area (TPSA) is 17.1 Å². The summed E-state index contributed by atoms with van der Waals surface area (Å²) in [5, 5.41) is 0. The van der Waals surface area contributed by atoms with Crippen LogP contribution in [0.5, 0.6) is 0 Å². The lowest BCUT2D eigenvalue weighted by molar-refractivity contribution is -0.119. The minimum absolute atomic E-state index is 0.486. The standard InChI is InChI=1S/C18H28O/c1-4-17-16-7-5-12-11-13(19)6-8-14(12)15(16)9-10-18(17,2)3/h15-17H,4-11H2,1-3H3/t15-,16-,17+/m1/s1. The highest BCUT2D eigenvalue weighted by atomic mass is 16.1. The first-order valence-electron chi connectivity index (χ1n) is 8.25. The van der Waals surface area contributed by atoms with Crippen LogP contribution in [0, 0.1) is 23.2 Å². The molecular weight excluding hydrogens is 232 g/mol. The van der Waals surface area contributed by atoms with Gasteiger partial charge in [-0.05, 0) is 55.3 Å². The molecule has 106 valence electrons. The van der Waals surface area contributed by atoms with Crippen molar-refractivity contribution >= 4 is 5.78 Å². The molecule has 3 aliphatic rings. The Bertz CT molecular complexity index is 415. The zero-order chi connectivity index (χ0) is 13.6. The Morgan fingerprint density at radius 1 is 1.16 bits per heavy atom. The van der Waals surface area contributed by atoms with Crippen LogP contribution < -0.4 is 0 Å². The second-order valence-corrected chi connectivity index (χ2v) is 7.70. The van der Waals surface area contributed by atoms with Crippen LogP contribution >= 0.6 is 0 Å². The molecule has 0 bridgehead atoms. The average molecular weight is 260 g/mol. The van der Waals surface area contributed by atoms with E-state index in [1.54, 1.807) is 11.1 Å². The first kappa shape index (κ1) is 13.4. The molecule has 0 aromatic heterocycles. The largest absolute Gasteiger partial charge is 0.299 e. The first-order valence-corrected chi connectivity index (χ1v) is 8.25. The summed E-state index contributed by atoms with van der Waals surface area (Å²) >= 11 is 0. The second-order valence-electron chi connectivity index (χ2n) is 7.70. The summed E-state index contributed by atoms with van der Waals surface area (Å²) in [5.41, 5.74) is 3.80. The van der Waals surface area contributed by atoms with Gasteiger partial charge in [0.2, 0.25) is 0 Å². The molecule has 0 unspecified atom stereocenters. The molecule has 0 saturated heterocycles. The predicted molar refractivity (Wildman–Crippen MR) is 78.9 cm³/mol. The van der Waals surface area contributed by atoms with Gasteiger partial charge in [0.15, 0.2) is 0 Å². The van der Waals surface area contributed by atoms with Crippen LogP contribution in [0.4, 0.5) is 0 Å². The zero-order valence-electron chi connectivity index (χ0n) is 12.8. The summed E-state index contributed by atoms with van der Waals surface area (Å²) in [6, 6.07) is 0. The van der Waals surface area contributed by atoms with E-state index in [1.807, 2.05) is 0 Å². The molecule has 0 aromatic rings. The monoisotopic (exact) mass is 260 g/mol. The predicted octanol–water partition coefficient (Wildman–Crippen LogP) is 4.91. The van der Waals surface area contributed by atoms with Crippen LogP contribution in [0.3, 0.4) is 0 Å². The summed E-state index contributed by atoms with van der Waals surface area (Å²) < 4.78 is 0. The molecule has 0 radical (unpaired) electrons. The fourth-order valence-electron chi connectivity index (χ4n) is 5.41. The van der Waals surface area contributed by atoms with E-state index in [1.165, 1.54) is 32.1 Å². The Hall–Kier alpha value is -0.590. The summed E-state index contributed by atoms with van der Waals surface area (Å²) in [6.07, 6.45) is 9.34. The lowest BCUT2D eigenvalue weighted by Crippen LogP contribution is -2.42. The van der Waals surface area contributed by atoms with Crippen molar-refractivity contribution in [2.24, 2.45) is 23.2 Å². The van der Waals surface area contributed by atoms with Crippen molar-refractivity contribution in [1.29, 1.82) is 0 Å². The SMILES string of the molecule is CC[C@H]1[C@@H]2CCC3=C(CCC(=O)C3)[C@H]2CCC1(C)C. The Kier molecular flexibility index (Phi) is 3.35. The molecule has 0 aliphatic heterocycles. The minimum atomic E-state index is 0.486. The molecule has 19 heavy (non-hydrogen) atoms. The molecule has 1 saturated carbocycles. The summed E-state index contributed by atoms with van der Waals surface area (Å²) in [7, 11) is 0. The van der Waals surface area contributed by atoms with Crippen LogP contribution in [0.2, 0.25) is 0 Å². The molecule has 1 heteroatoms. The second kappa shape index (κ2) is 4.75. The molecule has 1 fully saturated rings. The molecule has 3 rings (SSSR count). The van der Waals surface area contributed by atoms with Crippen molar-refractivity contribution in [2.45, 2.75) is 72.1 Å². The third-order valence-corrected chi connectivity index (χ3v) is 6.34. The highest BCUT2D eigenvalue weighted by molar-refractivity contribution is 5.82. The van der Waals surface area contributed by atoms with Gasteiger partial charge in [-0.25, -0.2) is 0 Å². The maximum atomic E-state index is 11.7. The Morgan fingerprint density at radius 3 is 2.68 bits per heavy atom. The maximum Gasteiger partial charge on any atom is 0.137 e. The lowest BCUT2D eigenvalue weighted by Gasteiger charge is -2.51. The number of hydrogen-bond donors (Lipinski definition) is 0. The van der Waals surface area contributed by atoms with Crippen molar-refractivity contribution in [3.05, 3.63) is 11.1 Å². The Labute approximate surface area is 117 Å². The number of allylic oxidation sites excluding steroid dienone is 2. The van der Waals surface area contributed by atoms with Crippen LogP contribution in [0.25, 0.3) is 0 Å². The number of Topliss-reactive ketones (excluding diaryl/α,β-unsaturated/α-hetero) is 1. The van der Waals surface area contributed by atoms with Crippen molar-refractivity contribution in [2.75, 3.05) is 0 Å². The number of ketones is 1. The van der Waals surface area contributed by atoms with Gasteiger partial charge in [-0.2, -0.15) is 0 Å². The van der Waals surface area contributed by atoms with E-state index in [-0.39, 0.29) is 0 Å². The maximum absolute atomic E-state index is 11.7. The third kappa shape index (κ3) is 2.19. The molecule has 3 aliphatic carbocycles. The quantitative estimate of drug-likeness (QED) is 0.612. The molecule has 0 amide bonds. The van der Waals surface area contributed by atoms with Gasteiger partial charge in [-0.3, -0.25) is 4.79 Å². The molecule has 0 heterocycles. The van der Waals surface area contributed by atoms with Gasteiger partial charge < -0.3 is 0 Å². The normalized spacial score (nSPS) is 37.8. The van der Waals surface area contributed by atoms with Crippen molar-refractivity contribution < 1.29 is 4.79 Å². The lowest BCUT2D eigenvalue weighted by atomic mass is 9.53. The van der Waals surface area contributed by atoms with E-state index in [9.17, 15) is 4.79 Å². The van der Waals surface area contributed by atoms with E-state index >= 15 is 0 Å². The smallest absolute Gasteiger partial charge is 0.137 e. The van der Waals surface area contributed by atoms with E-state index < -0.39 is 0 Å². The average Bonchev–Trinajstić information content (AvgIpc) is 2.37. The zero-order valence-corrected chi connectivity index (χ0v) is 12.8. The number of fused-ring (bicyclic) bond motifs is 2. The summed E-state index contributed by atoms with van der Waals surface area (Å²) in [6.45, 7) is 7.33. The van der Waals surface area contributed by atoms with Gasteiger partial charge >= 0.3 is 0 Å². The van der Waals surface area contributed by atoms with Gasteiger partial charge in [0, 0.05) is 12.8 Å². The van der Waals surface area contributed by atoms with E-state index in [0.717, 1.165) is 37.0 Å². The third-order valence-electron chi connectivity index (χ3n) is 6.34. The number of carbonyl (C=O) groups is 1. The van der Waals surface area contributed by atoms with E-state index in [0.29, 0.717) is 11.2 Å². The van der Waals surface area contributed by atoms with Crippen LogP contribution in [0.1, 0.15) is 72.1 Å². The van der Waals surface area contributed by atoms with Gasteiger partial charge in [0.05, 0.1) is 0 Å². The van der Waals surface area contributed by atoms with Gasteiger partial charge in [0.25, 0.3) is 0 Å². The van der Waals surface area contributed by atoms with E-state index in [2.05, 4.69) is 20.8 Å². The highest BCUT2D eigenvalue weighted by Crippen LogP contribution is 2.56. The fraction of sp³-hybridized carbons (Fsp3) is 0.833. The van der Waals surface area contributed by atoms with Gasteiger partial charge in [-0.15, -0.1) is 0 Å². The minimum Gasteiger partial charge on any atom is -0.299 e. The molecule has 0 aromatic carbocycles. The fourth-order valence-corrected chi connectivity index (χ4v) is 5.41. The molecule has 0 spiro atoms. The van der Waals surface area contributed by atoms with Crippen LogP contribution in [-0.4, -0.2) is 5.78 Å². The number of hydrogen-bond acceptors (Lipinski definition) is 1. The molecule has 1 nitrogen and oxygen atoms in total. The molecule has 3 atom stereocenters. The Balaban J connectivity index is 1.89. The van der Waals surface area contributed by atoms with Crippen molar-refractivity contribution in [1.82, 2.24) is 0 Å². The van der Waals surface area contributed by atoms with Crippen LogP contribution in [0.15, 0.2) is 11.1 Å². The van der Waals surface area contributed by atoms with Crippen molar-refractivity contribution in [3.8, 4) is 0 Å². The van der Waals surface area contributed by atoms with Gasteiger partial charge in [-0.1, -0.05) is 38.3 Å². The number of rotatable bonds is 1. The number of carbonyl (C=O) groups excluding carboxylic acids is 1. The Morgan fingerprint density at radius 2 is 1.95 bits per heavy atom. The van der Waals surface area contributed by atoms with E-state index in [4.69, 9.17) is 0 Å². The highest BCUT2D eigenvalue weighted by Gasteiger charge is 2.46. The van der Waals surface area contributed by atoms with Crippen LogP contribution in [-0.2, 0) is 4.79 Å². The van der Waals surface area contributed by atoms with Crippen molar-refractivity contribution in [3.63, 3.8) is 0 Å².